The standard InChI is InChI=1S/C11H23NO/c1-10(2)7-9(5-6-12)8-11(3,4)13-10/h9H,5-8,12H2,1-4H3. The van der Waals surface area contributed by atoms with Crippen molar-refractivity contribution >= 4 is 0 Å². The van der Waals surface area contributed by atoms with Crippen molar-refractivity contribution in [2.24, 2.45) is 11.7 Å². The van der Waals surface area contributed by atoms with Crippen molar-refractivity contribution in [1.82, 2.24) is 0 Å². The third kappa shape index (κ3) is 3.28. The third-order valence-corrected chi connectivity index (χ3v) is 2.69. The summed E-state index contributed by atoms with van der Waals surface area (Å²) >= 11 is 0. The zero-order valence-corrected chi connectivity index (χ0v) is 9.39. The molecule has 0 atom stereocenters. The van der Waals surface area contributed by atoms with Crippen LogP contribution in [-0.4, -0.2) is 17.7 Å². The molecule has 0 saturated carbocycles. The van der Waals surface area contributed by atoms with E-state index < -0.39 is 0 Å². The smallest absolute Gasteiger partial charge is 0.0636 e. The summed E-state index contributed by atoms with van der Waals surface area (Å²) in [5.41, 5.74) is 5.65. The minimum absolute atomic E-state index is 0.0294. The molecule has 0 aromatic carbocycles. The van der Waals surface area contributed by atoms with Crippen molar-refractivity contribution < 1.29 is 4.74 Å². The average Bonchev–Trinajstić information content (AvgIpc) is 1.78. The van der Waals surface area contributed by atoms with Crippen molar-refractivity contribution in [2.75, 3.05) is 6.54 Å². The predicted molar refractivity (Wildman–Crippen MR) is 55.6 cm³/mol. The molecule has 78 valence electrons. The Balaban J connectivity index is 2.61. The first kappa shape index (κ1) is 11.0. The van der Waals surface area contributed by atoms with Gasteiger partial charge in [-0.25, -0.2) is 0 Å². The van der Waals surface area contributed by atoms with Gasteiger partial charge >= 0.3 is 0 Å². The highest BCUT2D eigenvalue weighted by Crippen LogP contribution is 2.39. The number of hydrogen-bond donors (Lipinski definition) is 1. The van der Waals surface area contributed by atoms with Crippen molar-refractivity contribution in [1.29, 1.82) is 0 Å². The van der Waals surface area contributed by atoms with Gasteiger partial charge in [0.25, 0.3) is 0 Å². The minimum Gasteiger partial charge on any atom is -0.370 e. The second-order valence-electron chi connectivity index (χ2n) is 5.47. The van der Waals surface area contributed by atoms with Crippen LogP contribution in [0.2, 0.25) is 0 Å². The van der Waals surface area contributed by atoms with Crippen LogP contribution in [0.4, 0.5) is 0 Å². The Labute approximate surface area is 81.8 Å². The summed E-state index contributed by atoms with van der Waals surface area (Å²) < 4.78 is 6.00. The maximum Gasteiger partial charge on any atom is 0.0636 e. The Hall–Kier alpha value is -0.0800. The Morgan fingerprint density at radius 2 is 1.62 bits per heavy atom. The molecule has 0 aromatic heterocycles. The maximum absolute atomic E-state index is 6.00. The largest absolute Gasteiger partial charge is 0.370 e. The molecule has 0 radical (unpaired) electrons. The fraction of sp³-hybridized carbons (Fsp3) is 1.00. The van der Waals surface area contributed by atoms with Gasteiger partial charge in [-0.3, -0.25) is 0 Å². The van der Waals surface area contributed by atoms with Gasteiger partial charge in [0.2, 0.25) is 0 Å². The van der Waals surface area contributed by atoms with E-state index in [-0.39, 0.29) is 11.2 Å². The first-order valence-electron chi connectivity index (χ1n) is 5.25. The maximum atomic E-state index is 6.00. The average molecular weight is 185 g/mol. The summed E-state index contributed by atoms with van der Waals surface area (Å²) in [4.78, 5) is 0. The highest BCUT2D eigenvalue weighted by atomic mass is 16.5. The second-order valence-corrected chi connectivity index (χ2v) is 5.47. The molecule has 1 aliphatic heterocycles. The zero-order chi connectivity index (χ0) is 10.1. The predicted octanol–water partition coefficient (Wildman–Crippen LogP) is 2.32. The lowest BCUT2D eigenvalue weighted by atomic mass is 9.79. The molecule has 2 nitrogen and oxygen atoms in total. The molecular weight excluding hydrogens is 162 g/mol. The van der Waals surface area contributed by atoms with Gasteiger partial charge in [0.05, 0.1) is 11.2 Å². The molecule has 0 unspecified atom stereocenters. The van der Waals surface area contributed by atoms with Crippen molar-refractivity contribution in [3.05, 3.63) is 0 Å². The summed E-state index contributed by atoms with van der Waals surface area (Å²) in [6.45, 7) is 9.51. The monoisotopic (exact) mass is 185 g/mol. The molecule has 1 aliphatic rings. The number of ether oxygens (including phenoxy) is 1. The SMILES string of the molecule is CC1(C)CC(CCN)CC(C)(C)O1. The molecule has 1 saturated heterocycles. The van der Waals surface area contributed by atoms with Crippen LogP contribution in [0.5, 0.6) is 0 Å². The van der Waals surface area contributed by atoms with Crippen LogP contribution in [0.3, 0.4) is 0 Å². The van der Waals surface area contributed by atoms with Gasteiger partial charge in [0.1, 0.15) is 0 Å². The first-order chi connectivity index (χ1) is 5.85. The van der Waals surface area contributed by atoms with Gasteiger partial charge in [-0.05, 0) is 59.4 Å². The summed E-state index contributed by atoms with van der Waals surface area (Å²) in [6, 6.07) is 0. The molecular formula is C11H23NO. The van der Waals surface area contributed by atoms with E-state index in [0.717, 1.165) is 31.7 Å². The summed E-state index contributed by atoms with van der Waals surface area (Å²) in [6.07, 6.45) is 3.43. The summed E-state index contributed by atoms with van der Waals surface area (Å²) in [5.74, 6) is 0.740. The van der Waals surface area contributed by atoms with Gasteiger partial charge in [0.15, 0.2) is 0 Å². The zero-order valence-electron chi connectivity index (χ0n) is 9.39. The van der Waals surface area contributed by atoms with Crippen LogP contribution in [0, 0.1) is 5.92 Å². The van der Waals surface area contributed by atoms with Crippen LogP contribution >= 0.6 is 0 Å². The Bertz CT molecular complexity index is 159. The molecule has 1 heterocycles. The highest BCUT2D eigenvalue weighted by Gasteiger charge is 2.38. The van der Waals surface area contributed by atoms with E-state index in [1.54, 1.807) is 0 Å². The lowest BCUT2D eigenvalue weighted by Gasteiger charge is -2.45. The lowest BCUT2D eigenvalue weighted by Crippen LogP contribution is -2.45. The Morgan fingerprint density at radius 3 is 2.00 bits per heavy atom. The van der Waals surface area contributed by atoms with Crippen molar-refractivity contribution in [3.8, 4) is 0 Å². The number of nitrogens with two attached hydrogens (primary N) is 1. The first-order valence-corrected chi connectivity index (χ1v) is 5.25. The molecule has 0 amide bonds. The third-order valence-electron chi connectivity index (χ3n) is 2.69. The quantitative estimate of drug-likeness (QED) is 0.716. The fourth-order valence-electron chi connectivity index (χ4n) is 2.73. The van der Waals surface area contributed by atoms with Crippen LogP contribution in [0.1, 0.15) is 47.0 Å². The molecule has 1 rings (SSSR count). The van der Waals surface area contributed by atoms with Gasteiger partial charge in [-0.15, -0.1) is 0 Å². The van der Waals surface area contributed by atoms with Gasteiger partial charge in [-0.2, -0.15) is 0 Å². The molecule has 13 heavy (non-hydrogen) atoms. The van der Waals surface area contributed by atoms with Crippen LogP contribution in [0.25, 0.3) is 0 Å². The van der Waals surface area contributed by atoms with Crippen LogP contribution in [0.15, 0.2) is 0 Å². The van der Waals surface area contributed by atoms with Crippen LogP contribution < -0.4 is 5.73 Å². The number of rotatable bonds is 2. The summed E-state index contributed by atoms with van der Waals surface area (Å²) in [5, 5.41) is 0. The minimum atomic E-state index is 0.0294. The molecule has 0 spiro atoms. The summed E-state index contributed by atoms with van der Waals surface area (Å²) in [7, 11) is 0. The van der Waals surface area contributed by atoms with E-state index in [0.29, 0.717) is 0 Å². The van der Waals surface area contributed by atoms with Crippen molar-refractivity contribution in [2.45, 2.75) is 58.2 Å². The molecule has 2 heteroatoms. The van der Waals surface area contributed by atoms with E-state index in [1.165, 1.54) is 0 Å². The van der Waals surface area contributed by atoms with Gasteiger partial charge in [-0.1, -0.05) is 0 Å². The van der Waals surface area contributed by atoms with Gasteiger partial charge in [0, 0.05) is 0 Å². The van der Waals surface area contributed by atoms with Gasteiger partial charge < -0.3 is 10.5 Å². The topological polar surface area (TPSA) is 35.2 Å². The molecule has 2 N–H and O–H groups in total. The van der Waals surface area contributed by atoms with E-state index >= 15 is 0 Å². The molecule has 0 aliphatic carbocycles. The molecule has 0 bridgehead atoms. The van der Waals surface area contributed by atoms with Crippen molar-refractivity contribution in [3.63, 3.8) is 0 Å². The van der Waals surface area contributed by atoms with E-state index in [1.807, 2.05) is 0 Å². The van der Waals surface area contributed by atoms with Crippen LogP contribution in [-0.2, 0) is 4.74 Å². The van der Waals surface area contributed by atoms with E-state index in [2.05, 4.69) is 27.7 Å². The van der Waals surface area contributed by atoms with E-state index in [9.17, 15) is 0 Å². The Kier molecular flexibility index (Phi) is 3.03. The molecule has 1 fully saturated rings. The second kappa shape index (κ2) is 3.58. The normalized spacial score (nSPS) is 27.5. The Morgan fingerprint density at radius 1 is 1.15 bits per heavy atom. The van der Waals surface area contributed by atoms with E-state index in [4.69, 9.17) is 10.5 Å². The fourth-order valence-corrected chi connectivity index (χ4v) is 2.73. The lowest BCUT2D eigenvalue weighted by molar-refractivity contribution is -0.172. The molecule has 0 aromatic rings. The highest BCUT2D eigenvalue weighted by molar-refractivity contribution is 4.88. The number of hydrogen-bond acceptors (Lipinski definition) is 2.